The zero-order valence-corrected chi connectivity index (χ0v) is 99.8. The fourth-order valence-corrected chi connectivity index (χ4v) is 22.3. The normalized spacial score (nSPS) is 11.8. The molecule has 0 fully saturated rings. The number of aryl methyl sites for hydroxylation is 5. The Bertz CT molecular complexity index is 8280. The molecule has 20 heteroatoms. The van der Waals surface area contributed by atoms with Gasteiger partial charge in [-0.05, 0) is 158 Å². The molecule has 12 aromatic heterocycles. The maximum atomic E-state index is 7.23. The van der Waals surface area contributed by atoms with E-state index in [1.165, 1.54) is 70.0 Å². The van der Waals surface area contributed by atoms with Crippen molar-refractivity contribution in [2.24, 2.45) is 0 Å². The number of aromatic nitrogens is 8. The molecule has 0 aliphatic rings. The van der Waals surface area contributed by atoms with Crippen molar-refractivity contribution < 1.29 is 102 Å². The Hall–Kier alpha value is -13.1. The van der Waals surface area contributed by atoms with E-state index < -0.39 is 46.0 Å². The van der Waals surface area contributed by atoms with Crippen molar-refractivity contribution in [3.63, 3.8) is 0 Å². The Morgan fingerprint density at radius 3 is 0.886 bits per heavy atom. The molecule has 24 aromatic rings. The number of nitrogens with zero attached hydrogens (tertiary/aromatic N) is 8. The van der Waals surface area contributed by atoms with Crippen LogP contribution in [0.3, 0.4) is 0 Å². The summed E-state index contributed by atoms with van der Waals surface area (Å²) < 4.78 is 63.6. The fourth-order valence-electron chi connectivity index (χ4n) is 16.4. The summed E-state index contributed by atoms with van der Waals surface area (Å²) in [5, 5.41) is 14.9. The van der Waals surface area contributed by atoms with Crippen LogP contribution in [0.25, 0.3) is 176 Å². The van der Waals surface area contributed by atoms with Crippen LogP contribution in [0.4, 0.5) is 0 Å². The molecular weight excluding hydrogens is 2620 g/mol. The molecule has 0 aliphatic carbocycles. The summed E-state index contributed by atoms with van der Waals surface area (Å²) in [5.74, 6) is 0. The molecule has 0 saturated heterocycles. The quantitative estimate of drug-likeness (QED) is 0.0852. The van der Waals surface area contributed by atoms with E-state index in [1.807, 2.05) is 219 Å². The predicted octanol–water partition coefficient (Wildman–Crippen LogP) is 32.2. The summed E-state index contributed by atoms with van der Waals surface area (Å²) in [5.41, 5.74) is 24.8. The second kappa shape index (κ2) is 51.4. The topological polar surface area (TPSA) is 143 Å². The van der Waals surface area contributed by atoms with Crippen LogP contribution in [-0.2, 0) is 80.4 Å². The van der Waals surface area contributed by atoms with E-state index in [-0.39, 0.29) is 91.5 Å². The van der Waals surface area contributed by atoms with Gasteiger partial charge in [0.05, 0.1) is 49.0 Å². The minimum Gasteiger partial charge on any atom is -0.500 e. The van der Waals surface area contributed by atoms with Gasteiger partial charge in [-0.1, -0.05) is 269 Å². The van der Waals surface area contributed by atoms with Crippen molar-refractivity contribution in [2.45, 2.75) is 113 Å². The first-order valence-electron chi connectivity index (χ1n) is 51.2. The SMILES string of the molecule is C[Si](C)(C)c1ccc(-c2[c-]cc3oc4ccccc4c3c2)nc1.C[Si](C)(C)c1ccc(-c2[c-]cc3oc4ccccc4c3c2)nc1.C[Si](C)(C)c1ccc(-c2[c-]cc3sc4ccccc4c3c2)nc1.Cc1cc(-c2[c-]cc3oc4ccccc4c3c2)ncc1[Si](C)(C)C.Cc1ccc(-c2[c-]cccc2)nc1.Cc1ccnc(-c2[c-]cccc2)c1.[2H]C([2H])([2H])c1ccc(-c2[c-]cccc2)nc1.[2H]C([2H])([2H])c1ccc(-c2[c-]cccc2)nc1.[Ir].[Ir].[Ir].[Ir]. The molecule has 11 nitrogen and oxygen atoms in total. The fraction of sp³-hybridized carbons (Fsp3) is 0.132. The van der Waals surface area contributed by atoms with Gasteiger partial charge in [0.15, 0.2) is 0 Å². The Labute approximate surface area is 946 Å². The third-order valence-electron chi connectivity index (χ3n) is 24.4. The zero-order valence-electron chi connectivity index (χ0n) is 91.4. The van der Waals surface area contributed by atoms with Gasteiger partial charge in [0.1, 0.15) is 16.7 Å². The summed E-state index contributed by atoms with van der Waals surface area (Å²) in [4.78, 5) is 35.6. The van der Waals surface area contributed by atoms with E-state index in [9.17, 15) is 0 Å². The van der Waals surface area contributed by atoms with Crippen molar-refractivity contribution in [1.29, 1.82) is 0 Å². The third-order valence-corrected chi connectivity index (χ3v) is 33.8. The first kappa shape index (κ1) is 104. The summed E-state index contributed by atoms with van der Waals surface area (Å²) in [6.07, 6.45) is 14.6. The molecule has 754 valence electrons. The molecule has 0 N–H and O–H groups in total. The van der Waals surface area contributed by atoms with Gasteiger partial charge in [-0.2, -0.15) is 11.3 Å². The Morgan fingerprint density at radius 1 is 0.235 bits per heavy atom. The number of thiophene rings is 1. The van der Waals surface area contributed by atoms with Crippen molar-refractivity contribution in [2.75, 3.05) is 0 Å². The molecule has 0 spiro atoms. The summed E-state index contributed by atoms with van der Waals surface area (Å²) in [7, 11) is -5.28. The number of hydrogen-bond acceptors (Lipinski definition) is 12. The summed E-state index contributed by atoms with van der Waals surface area (Å²) in [6, 6.07) is 136. The molecule has 4 radical (unpaired) electrons. The Kier molecular flexibility index (Phi) is 36.0. The van der Waals surface area contributed by atoms with Gasteiger partial charge >= 0.3 is 0 Å². The molecular formula is C129H114Ir4N8O3SSi4-8. The minimum atomic E-state index is -2.09. The Morgan fingerprint density at radius 2 is 0.550 bits per heavy atom. The number of para-hydroxylation sites is 3. The molecule has 0 unspecified atom stereocenters. The largest absolute Gasteiger partial charge is 0.500 e. The van der Waals surface area contributed by atoms with Crippen LogP contribution in [0.5, 0.6) is 0 Å². The average molecular weight is 2740 g/mol. The first-order valence-corrected chi connectivity index (χ1v) is 63.1. The molecule has 0 amide bonds. The van der Waals surface area contributed by atoms with Crippen molar-refractivity contribution in [1.82, 2.24) is 39.9 Å². The number of fused-ring (bicyclic) bond motifs is 12. The van der Waals surface area contributed by atoms with Crippen LogP contribution in [-0.4, -0.2) is 72.2 Å². The summed E-state index contributed by atoms with van der Waals surface area (Å²) >= 11 is 1.83. The standard InChI is InChI=1S/C21H20NOSi.2C20H18NOSi.C20H18NSSi.4C12H10N.4Ir/c1-14-11-18(22-13-21(14)24(2,3)4)15-9-10-20-17(12-15)16-7-5-6-8-19(16)23-20;3*1-23(2,3)15-9-10-18(21-13-15)14-8-11-20-17(12-14)16-6-4-5-7-19(16)22-20;1-10-7-8-13-12(9-10)11-5-3-2-4-6-11;3*1-10-7-8-12(13-9-10)11-5-3-2-4-6-11;;;;/h5-8,10-13H,1-4H3;3*4-7,9-13H,1-3H3;4*2-5,7-9H,1H3;;;;/q8*-1;;;;/i;;;;;2*1D3;;;;;. The van der Waals surface area contributed by atoms with Gasteiger partial charge in [-0.25, -0.2) is 0 Å². The number of hydrogen-bond donors (Lipinski definition) is 0. The summed E-state index contributed by atoms with van der Waals surface area (Å²) in [6.45, 7) is 30.2. The van der Waals surface area contributed by atoms with E-state index in [0.29, 0.717) is 0 Å². The zero-order chi connectivity index (χ0) is 106. The van der Waals surface area contributed by atoms with Gasteiger partial charge in [0, 0.05) is 159 Å². The van der Waals surface area contributed by atoms with Crippen LogP contribution in [0.1, 0.15) is 36.0 Å². The van der Waals surface area contributed by atoms with Crippen molar-refractivity contribution in [3.8, 4) is 90.1 Å². The third kappa shape index (κ3) is 29.2. The average Bonchev–Trinajstić information content (AvgIpc) is 1.69. The van der Waals surface area contributed by atoms with E-state index in [1.54, 1.807) is 36.4 Å². The maximum absolute atomic E-state index is 7.23. The molecule has 0 bridgehead atoms. The van der Waals surface area contributed by atoms with Crippen molar-refractivity contribution >= 4 is 150 Å². The monoisotopic (exact) mass is 2740 g/mol. The number of furan rings is 3. The van der Waals surface area contributed by atoms with Gasteiger partial charge in [-0.15, -0.1) is 239 Å². The molecule has 149 heavy (non-hydrogen) atoms. The second-order valence-electron chi connectivity index (χ2n) is 39.5. The van der Waals surface area contributed by atoms with Gasteiger partial charge in [0.2, 0.25) is 0 Å². The molecule has 12 aromatic carbocycles. The van der Waals surface area contributed by atoms with Gasteiger partial charge < -0.3 is 53.1 Å². The predicted molar refractivity (Wildman–Crippen MR) is 618 cm³/mol. The molecule has 0 atom stereocenters. The van der Waals surface area contributed by atoms with Crippen molar-refractivity contribution in [3.05, 3.63) is 460 Å². The van der Waals surface area contributed by atoms with Crippen LogP contribution >= 0.6 is 11.3 Å². The number of rotatable bonds is 12. The van der Waals surface area contributed by atoms with Gasteiger partial charge in [0.25, 0.3) is 0 Å². The second-order valence-corrected chi connectivity index (χ2v) is 60.8. The minimum absolute atomic E-state index is 0. The van der Waals surface area contributed by atoms with Crippen LogP contribution < -0.4 is 20.7 Å². The number of benzene rings is 12. The van der Waals surface area contributed by atoms with Crippen LogP contribution in [0.15, 0.2) is 396 Å². The smallest absolute Gasteiger partial charge is 0.120 e. The van der Waals surface area contributed by atoms with Crippen LogP contribution in [0.2, 0.25) is 78.6 Å². The van der Waals surface area contributed by atoms with E-state index in [0.717, 1.165) is 156 Å². The van der Waals surface area contributed by atoms with Crippen LogP contribution in [0, 0.1) is 83.0 Å². The molecule has 0 aliphatic heterocycles. The molecule has 24 rings (SSSR count). The molecule has 0 saturated carbocycles. The number of pyridine rings is 8. The molecule has 12 heterocycles. The first-order chi connectivity index (χ1) is 72.4. The van der Waals surface area contributed by atoms with E-state index >= 15 is 0 Å². The van der Waals surface area contributed by atoms with E-state index in [2.05, 4.69) is 304 Å². The van der Waals surface area contributed by atoms with Gasteiger partial charge in [-0.3, -0.25) is 0 Å². The maximum Gasteiger partial charge on any atom is 0.120 e. The van der Waals surface area contributed by atoms with E-state index in [4.69, 9.17) is 31.4 Å². The Balaban J connectivity index is 0.000000148.